The maximum absolute atomic E-state index is 11.9. The Labute approximate surface area is 194 Å². The molecule has 0 spiro atoms. The number of nitrogens with one attached hydrogen (secondary N) is 1. The third-order valence-electron chi connectivity index (χ3n) is 5.87. The third kappa shape index (κ3) is 4.85. The van der Waals surface area contributed by atoms with E-state index in [2.05, 4.69) is 5.43 Å². The maximum atomic E-state index is 11.9. The van der Waals surface area contributed by atoms with Gasteiger partial charge in [0.1, 0.15) is 5.00 Å². The molecule has 2 saturated carbocycles. The van der Waals surface area contributed by atoms with Crippen molar-refractivity contribution >= 4 is 34.6 Å². The highest BCUT2D eigenvalue weighted by atomic mass is 32.1. The molecule has 9 heteroatoms. The number of hydrogen-bond acceptors (Lipinski definition) is 6. The molecule has 0 radical (unpaired) electrons. The van der Waals surface area contributed by atoms with Gasteiger partial charge in [-0.25, -0.2) is 5.84 Å². The molecule has 2 fully saturated rings. The van der Waals surface area contributed by atoms with Gasteiger partial charge in [0.15, 0.2) is 0 Å². The van der Waals surface area contributed by atoms with Gasteiger partial charge in [-0.2, -0.15) is 0 Å². The van der Waals surface area contributed by atoms with Crippen molar-refractivity contribution in [1.82, 2.24) is 9.99 Å². The summed E-state index contributed by atoms with van der Waals surface area (Å²) in [6, 6.07) is 15.7. The average Bonchev–Trinajstić information content (AvgIpc) is 3.57. The smallest absolute Gasteiger partial charge is 0.268 e. The van der Waals surface area contributed by atoms with E-state index < -0.39 is 17.3 Å². The summed E-state index contributed by atoms with van der Waals surface area (Å²) in [6.45, 7) is 0. The number of thiophene rings is 1. The minimum Gasteiger partial charge on any atom is -0.412 e. The maximum Gasteiger partial charge on any atom is 0.268 e. The fourth-order valence-corrected chi connectivity index (χ4v) is 5.37. The number of hydrogen-bond donors (Lipinski definition) is 2. The zero-order valence-electron chi connectivity index (χ0n) is 17.8. The van der Waals surface area contributed by atoms with Gasteiger partial charge in [-0.3, -0.25) is 24.6 Å². The van der Waals surface area contributed by atoms with Crippen LogP contribution >= 0.6 is 11.3 Å². The zero-order valence-corrected chi connectivity index (χ0v) is 18.6. The van der Waals surface area contributed by atoms with Crippen LogP contribution in [-0.2, 0) is 14.4 Å². The van der Waals surface area contributed by atoms with E-state index in [4.69, 9.17) is 5.84 Å². The molecule has 33 heavy (non-hydrogen) atoms. The number of carbonyl (C=O) groups is 4. The SMILES string of the molecule is NNC(=O)c1cc(-c2ccccc2)sc1-n1cccc1.O.O=C1C(=O)C2CCCCC2C1=O. The van der Waals surface area contributed by atoms with Crippen molar-refractivity contribution in [2.45, 2.75) is 25.7 Å². The number of nitrogen functional groups attached to an aromatic ring is 1. The quantitative estimate of drug-likeness (QED) is 0.263. The summed E-state index contributed by atoms with van der Waals surface area (Å²) in [4.78, 5) is 46.3. The molecule has 172 valence electrons. The van der Waals surface area contributed by atoms with Crippen molar-refractivity contribution in [3.63, 3.8) is 0 Å². The van der Waals surface area contributed by atoms with Crippen LogP contribution in [0.4, 0.5) is 0 Å². The van der Waals surface area contributed by atoms with E-state index in [-0.39, 0.29) is 23.2 Å². The molecule has 3 aromatic rings. The Morgan fingerprint density at radius 1 is 0.939 bits per heavy atom. The highest BCUT2D eigenvalue weighted by Crippen LogP contribution is 2.36. The van der Waals surface area contributed by atoms with Crippen LogP contribution in [0, 0.1) is 11.8 Å². The first-order valence-electron chi connectivity index (χ1n) is 10.5. The first-order valence-corrected chi connectivity index (χ1v) is 11.3. The monoisotopic (exact) mass is 467 g/mol. The molecule has 1 aromatic carbocycles. The van der Waals surface area contributed by atoms with Crippen LogP contribution in [0.1, 0.15) is 36.0 Å². The third-order valence-corrected chi connectivity index (χ3v) is 7.07. The number of nitrogens with zero attached hydrogens (tertiary/aromatic N) is 1. The number of rotatable bonds is 3. The second-order valence-electron chi connectivity index (χ2n) is 7.81. The number of carbonyl (C=O) groups excluding carboxylic acids is 4. The zero-order chi connectivity index (χ0) is 22.7. The van der Waals surface area contributed by atoms with Crippen LogP contribution in [-0.4, -0.2) is 33.3 Å². The Morgan fingerprint density at radius 3 is 2.06 bits per heavy atom. The number of nitrogens with two attached hydrogens (primary N) is 1. The molecule has 2 aromatic heterocycles. The fourth-order valence-electron chi connectivity index (χ4n) is 4.24. The summed E-state index contributed by atoms with van der Waals surface area (Å²) in [7, 11) is 0. The number of benzene rings is 1. The van der Waals surface area contributed by atoms with Gasteiger partial charge >= 0.3 is 0 Å². The minimum atomic E-state index is -0.744. The molecule has 2 aliphatic carbocycles. The molecule has 2 atom stereocenters. The van der Waals surface area contributed by atoms with Crippen molar-refractivity contribution in [2.24, 2.45) is 17.7 Å². The van der Waals surface area contributed by atoms with Gasteiger partial charge in [-0.1, -0.05) is 43.2 Å². The lowest BCUT2D eigenvalue weighted by molar-refractivity contribution is -0.141. The average molecular weight is 468 g/mol. The van der Waals surface area contributed by atoms with Gasteiger partial charge in [0.05, 0.1) is 5.56 Å². The van der Waals surface area contributed by atoms with Gasteiger partial charge in [0, 0.05) is 29.1 Å². The van der Waals surface area contributed by atoms with Gasteiger partial charge in [-0.15, -0.1) is 11.3 Å². The first kappa shape index (κ1) is 24.2. The second kappa shape index (κ2) is 10.5. The first-order chi connectivity index (χ1) is 15.5. The summed E-state index contributed by atoms with van der Waals surface area (Å²) < 4.78 is 1.92. The van der Waals surface area contributed by atoms with Gasteiger partial charge < -0.3 is 10.0 Å². The number of amides is 1. The van der Waals surface area contributed by atoms with E-state index in [1.54, 1.807) is 11.3 Å². The largest absolute Gasteiger partial charge is 0.412 e. The van der Waals surface area contributed by atoms with E-state index in [0.717, 1.165) is 41.1 Å². The lowest BCUT2D eigenvalue weighted by Crippen LogP contribution is -2.30. The summed E-state index contributed by atoms with van der Waals surface area (Å²) in [6.07, 6.45) is 7.25. The van der Waals surface area contributed by atoms with Gasteiger partial charge in [0.25, 0.3) is 11.7 Å². The molecule has 2 aliphatic rings. The Balaban J connectivity index is 0.000000202. The summed E-state index contributed by atoms with van der Waals surface area (Å²) >= 11 is 1.56. The van der Waals surface area contributed by atoms with E-state index in [9.17, 15) is 19.2 Å². The van der Waals surface area contributed by atoms with E-state index in [1.807, 2.05) is 65.5 Å². The predicted molar refractivity (Wildman–Crippen MR) is 125 cm³/mol. The van der Waals surface area contributed by atoms with Crippen LogP contribution < -0.4 is 11.3 Å². The molecule has 5 rings (SSSR count). The Morgan fingerprint density at radius 2 is 1.52 bits per heavy atom. The number of Topliss-reactive ketones (excluding diaryl/α,β-unsaturated/α-hetero) is 3. The molecule has 0 saturated heterocycles. The number of aromatic nitrogens is 1. The standard InChI is InChI=1S/C15H13N3OS.C9H10O3.H2O/c16-17-14(19)12-10-13(11-6-2-1-3-7-11)20-15(12)18-8-4-5-9-18;10-7-5-3-1-2-4-6(5)8(11)9(7)12;/h1-10H,16H2,(H,17,19);5-6H,1-4H2;1H2. The normalized spacial score (nSPS) is 19.2. The van der Waals surface area contributed by atoms with Crippen molar-refractivity contribution < 1.29 is 24.7 Å². The lowest BCUT2D eigenvalue weighted by Gasteiger charge is -2.20. The van der Waals surface area contributed by atoms with Gasteiger partial charge in [-0.05, 0) is 36.6 Å². The Hall–Kier alpha value is -3.40. The van der Waals surface area contributed by atoms with E-state index in [0.29, 0.717) is 5.56 Å². The number of hydrazine groups is 1. The molecule has 5 N–H and O–H groups in total. The van der Waals surface area contributed by atoms with Crippen LogP contribution in [0.15, 0.2) is 60.9 Å². The number of fused-ring (bicyclic) bond motifs is 1. The molecule has 0 aliphatic heterocycles. The topological polar surface area (TPSA) is 143 Å². The second-order valence-corrected chi connectivity index (χ2v) is 8.84. The molecule has 2 unspecified atom stereocenters. The molecule has 1 amide bonds. The van der Waals surface area contributed by atoms with Crippen molar-refractivity contribution in [2.75, 3.05) is 0 Å². The summed E-state index contributed by atoms with van der Waals surface area (Å²) in [5.41, 5.74) is 3.86. The van der Waals surface area contributed by atoms with E-state index >= 15 is 0 Å². The lowest BCUT2D eigenvalue weighted by atomic mass is 9.81. The molecule has 2 heterocycles. The highest BCUT2D eigenvalue weighted by molar-refractivity contribution is 7.18. The summed E-state index contributed by atoms with van der Waals surface area (Å²) in [5.74, 6) is 2.89. The molecule has 0 bridgehead atoms. The highest BCUT2D eigenvalue weighted by Gasteiger charge is 2.48. The molecular weight excluding hydrogens is 442 g/mol. The fraction of sp³-hybridized carbons (Fsp3) is 0.250. The van der Waals surface area contributed by atoms with Crippen LogP contribution in [0.5, 0.6) is 0 Å². The van der Waals surface area contributed by atoms with Crippen LogP contribution in [0.25, 0.3) is 15.4 Å². The van der Waals surface area contributed by atoms with Crippen molar-refractivity contribution in [3.8, 4) is 15.4 Å². The predicted octanol–water partition coefficient (Wildman–Crippen LogP) is 2.50. The number of ketones is 3. The van der Waals surface area contributed by atoms with Crippen molar-refractivity contribution in [1.29, 1.82) is 0 Å². The molecular formula is C24H25N3O5S. The Bertz CT molecular complexity index is 1130. The molecule has 8 nitrogen and oxygen atoms in total. The van der Waals surface area contributed by atoms with Crippen LogP contribution in [0.3, 0.4) is 0 Å². The Kier molecular flexibility index (Phi) is 7.70. The van der Waals surface area contributed by atoms with Gasteiger partial charge in [0.2, 0.25) is 11.6 Å². The van der Waals surface area contributed by atoms with E-state index in [1.165, 1.54) is 0 Å². The minimum absolute atomic E-state index is 0. The van der Waals surface area contributed by atoms with Crippen LogP contribution in [0.2, 0.25) is 0 Å². The summed E-state index contributed by atoms with van der Waals surface area (Å²) in [5, 5.41) is 0.858. The van der Waals surface area contributed by atoms with Crippen molar-refractivity contribution in [3.05, 3.63) is 66.5 Å².